The number of nitrogens with zero attached hydrogens (tertiary/aromatic N) is 2. The number of alkyl halides is 1. The first-order valence-corrected chi connectivity index (χ1v) is 5.40. The van der Waals surface area contributed by atoms with E-state index in [1.807, 2.05) is 25.2 Å². The molecule has 0 saturated carbocycles. The summed E-state index contributed by atoms with van der Waals surface area (Å²) in [6, 6.07) is 5.89. The third-order valence-corrected chi connectivity index (χ3v) is 2.41. The lowest BCUT2D eigenvalue weighted by molar-refractivity contribution is 0.201. The van der Waals surface area contributed by atoms with Crippen LogP contribution in [0.3, 0.4) is 0 Å². The van der Waals surface area contributed by atoms with Crippen LogP contribution in [0.25, 0.3) is 0 Å². The van der Waals surface area contributed by atoms with Crippen molar-refractivity contribution in [3.8, 4) is 0 Å². The summed E-state index contributed by atoms with van der Waals surface area (Å²) in [5.74, 6) is 0.980. The van der Waals surface area contributed by atoms with Gasteiger partial charge in [0, 0.05) is 26.9 Å². The number of aromatic nitrogens is 1. The van der Waals surface area contributed by atoms with Gasteiger partial charge in [-0.2, -0.15) is 0 Å². The summed E-state index contributed by atoms with van der Waals surface area (Å²) in [5, 5.41) is 0. The highest BCUT2D eigenvalue weighted by Crippen LogP contribution is 2.10. The van der Waals surface area contributed by atoms with Crippen LogP contribution in [0.15, 0.2) is 24.4 Å². The van der Waals surface area contributed by atoms with E-state index in [0.717, 1.165) is 12.4 Å². The van der Waals surface area contributed by atoms with Crippen LogP contribution in [0.2, 0.25) is 0 Å². The predicted molar refractivity (Wildman–Crippen MR) is 62.1 cm³/mol. The molecule has 0 N–H and O–H groups in total. The summed E-state index contributed by atoms with van der Waals surface area (Å²) < 4.78 is 5.05. The zero-order valence-electron chi connectivity index (χ0n) is 8.48. The van der Waals surface area contributed by atoms with Gasteiger partial charge in [0.2, 0.25) is 0 Å². The smallest absolute Gasteiger partial charge is 0.128 e. The average Bonchev–Trinajstić information content (AvgIpc) is 2.19. The Balaban J connectivity index is 2.46. The van der Waals surface area contributed by atoms with Gasteiger partial charge in [0.25, 0.3) is 0 Å². The van der Waals surface area contributed by atoms with E-state index in [0.29, 0.717) is 11.4 Å². The molecule has 0 fully saturated rings. The molecule has 1 aromatic rings. The normalized spacial score (nSPS) is 12.5. The van der Waals surface area contributed by atoms with Gasteiger partial charge in [-0.3, -0.25) is 0 Å². The molecule has 0 radical (unpaired) electrons. The molecule has 0 aliphatic carbocycles. The molecule has 1 atom stereocenters. The number of ether oxygens (including phenoxy) is 1. The summed E-state index contributed by atoms with van der Waals surface area (Å²) in [5.41, 5.74) is 0. The molecule has 1 unspecified atom stereocenters. The highest BCUT2D eigenvalue weighted by molar-refractivity contribution is 9.09. The second-order valence-corrected chi connectivity index (χ2v) is 4.42. The van der Waals surface area contributed by atoms with E-state index in [1.54, 1.807) is 13.3 Å². The third kappa shape index (κ3) is 3.64. The van der Waals surface area contributed by atoms with Crippen molar-refractivity contribution < 1.29 is 4.74 Å². The van der Waals surface area contributed by atoms with Gasteiger partial charge in [0.1, 0.15) is 5.82 Å². The van der Waals surface area contributed by atoms with Gasteiger partial charge >= 0.3 is 0 Å². The largest absolute Gasteiger partial charge is 0.383 e. The second kappa shape index (κ2) is 5.98. The van der Waals surface area contributed by atoms with Gasteiger partial charge in [-0.05, 0) is 12.1 Å². The van der Waals surface area contributed by atoms with Crippen molar-refractivity contribution in [2.45, 2.75) is 4.83 Å². The van der Waals surface area contributed by atoms with E-state index < -0.39 is 0 Å². The molecule has 0 aliphatic rings. The van der Waals surface area contributed by atoms with Crippen LogP contribution in [-0.2, 0) is 4.74 Å². The fraction of sp³-hybridized carbons (Fsp3) is 0.500. The molecule has 4 heteroatoms. The molecule has 0 bridgehead atoms. The molecular weight excluding hydrogens is 244 g/mol. The van der Waals surface area contributed by atoms with Crippen LogP contribution in [0.4, 0.5) is 5.82 Å². The third-order valence-electron chi connectivity index (χ3n) is 1.86. The van der Waals surface area contributed by atoms with E-state index in [9.17, 15) is 0 Å². The van der Waals surface area contributed by atoms with E-state index in [1.165, 1.54) is 0 Å². The topological polar surface area (TPSA) is 25.4 Å². The molecule has 0 amide bonds. The van der Waals surface area contributed by atoms with Gasteiger partial charge in [-0.1, -0.05) is 22.0 Å². The first kappa shape index (κ1) is 11.5. The molecule has 1 aromatic heterocycles. The second-order valence-electron chi connectivity index (χ2n) is 3.12. The number of methoxy groups -OCH3 is 1. The van der Waals surface area contributed by atoms with Crippen LogP contribution >= 0.6 is 15.9 Å². The Morgan fingerprint density at radius 2 is 2.36 bits per heavy atom. The number of rotatable bonds is 5. The maximum Gasteiger partial charge on any atom is 0.128 e. The summed E-state index contributed by atoms with van der Waals surface area (Å²) in [6.07, 6.45) is 1.80. The highest BCUT2D eigenvalue weighted by Gasteiger charge is 2.08. The standard InChI is InChI=1S/C10H15BrN2O/c1-13(7-9(11)8-14-2)10-5-3-4-6-12-10/h3-6,9H,7-8H2,1-2H3. The maximum absolute atomic E-state index is 5.05. The van der Waals surface area contributed by atoms with Gasteiger partial charge < -0.3 is 9.64 Å². The van der Waals surface area contributed by atoms with Gasteiger partial charge in [0.05, 0.1) is 11.4 Å². The molecular formula is C10H15BrN2O. The van der Waals surface area contributed by atoms with Crippen molar-refractivity contribution in [2.24, 2.45) is 0 Å². The quantitative estimate of drug-likeness (QED) is 0.755. The van der Waals surface area contributed by atoms with Crippen molar-refractivity contribution in [2.75, 3.05) is 32.2 Å². The van der Waals surface area contributed by atoms with E-state index >= 15 is 0 Å². The Hall–Kier alpha value is -0.610. The minimum atomic E-state index is 0.333. The average molecular weight is 259 g/mol. The van der Waals surface area contributed by atoms with Crippen molar-refractivity contribution in [1.82, 2.24) is 4.98 Å². The number of hydrogen-bond acceptors (Lipinski definition) is 3. The van der Waals surface area contributed by atoms with Crippen molar-refractivity contribution in [3.63, 3.8) is 0 Å². The zero-order valence-corrected chi connectivity index (χ0v) is 10.1. The first-order valence-electron chi connectivity index (χ1n) is 4.49. The molecule has 14 heavy (non-hydrogen) atoms. The molecule has 0 aliphatic heterocycles. The maximum atomic E-state index is 5.05. The van der Waals surface area contributed by atoms with Crippen molar-refractivity contribution in [1.29, 1.82) is 0 Å². The minimum Gasteiger partial charge on any atom is -0.383 e. The summed E-state index contributed by atoms with van der Waals surface area (Å²) >= 11 is 3.54. The molecule has 3 nitrogen and oxygen atoms in total. The number of pyridine rings is 1. The summed E-state index contributed by atoms with van der Waals surface area (Å²) in [6.45, 7) is 1.59. The van der Waals surface area contributed by atoms with E-state index in [4.69, 9.17) is 4.74 Å². The molecule has 0 spiro atoms. The van der Waals surface area contributed by atoms with Crippen LogP contribution in [0.5, 0.6) is 0 Å². The van der Waals surface area contributed by atoms with Crippen LogP contribution < -0.4 is 4.90 Å². The lowest BCUT2D eigenvalue weighted by Crippen LogP contribution is -2.28. The van der Waals surface area contributed by atoms with Gasteiger partial charge in [-0.25, -0.2) is 4.98 Å². The number of anilines is 1. The Morgan fingerprint density at radius 1 is 1.57 bits per heavy atom. The number of hydrogen-bond donors (Lipinski definition) is 0. The SMILES string of the molecule is COCC(Br)CN(C)c1ccccn1. The zero-order chi connectivity index (χ0) is 10.4. The molecule has 1 rings (SSSR count). The Labute approximate surface area is 93.2 Å². The highest BCUT2D eigenvalue weighted by atomic mass is 79.9. The fourth-order valence-corrected chi connectivity index (χ4v) is 1.90. The van der Waals surface area contributed by atoms with Crippen LogP contribution in [-0.4, -0.2) is 37.1 Å². The Bertz CT molecular complexity index is 256. The molecule has 0 saturated heterocycles. The lowest BCUT2D eigenvalue weighted by Gasteiger charge is -2.20. The van der Waals surface area contributed by atoms with Crippen molar-refractivity contribution in [3.05, 3.63) is 24.4 Å². The lowest BCUT2D eigenvalue weighted by atomic mass is 10.4. The van der Waals surface area contributed by atoms with Crippen LogP contribution in [0.1, 0.15) is 0 Å². The summed E-state index contributed by atoms with van der Waals surface area (Å²) in [4.78, 5) is 6.68. The van der Waals surface area contributed by atoms with E-state index in [-0.39, 0.29) is 0 Å². The van der Waals surface area contributed by atoms with Gasteiger partial charge in [0.15, 0.2) is 0 Å². The van der Waals surface area contributed by atoms with Crippen LogP contribution in [0, 0.1) is 0 Å². The van der Waals surface area contributed by atoms with E-state index in [2.05, 4.69) is 25.8 Å². The van der Waals surface area contributed by atoms with Crippen molar-refractivity contribution >= 4 is 21.7 Å². The van der Waals surface area contributed by atoms with Gasteiger partial charge in [-0.15, -0.1) is 0 Å². The Kier molecular flexibility index (Phi) is 4.90. The molecule has 1 heterocycles. The summed E-state index contributed by atoms with van der Waals surface area (Å²) in [7, 11) is 3.72. The predicted octanol–water partition coefficient (Wildman–Crippen LogP) is 1.93. The number of halogens is 1. The minimum absolute atomic E-state index is 0.333. The monoisotopic (exact) mass is 258 g/mol. The molecule has 78 valence electrons. The fourth-order valence-electron chi connectivity index (χ4n) is 1.20. The molecule has 0 aromatic carbocycles. The first-order chi connectivity index (χ1) is 6.74. The Morgan fingerprint density at radius 3 is 2.93 bits per heavy atom.